The molecule has 1 aromatic heterocycles. The number of hydrogen-bond acceptors (Lipinski definition) is 7. The van der Waals surface area contributed by atoms with Gasteiger partial charge >= 0.3 is 5.69 Å². The van der Waals surface area contributed by atoms with Crippen molar-refractivity contribution in [2.75, 3.05) is 12.3 Å². The normalized spacial score (nSPS) is 31.2. The van der Waals surface area contributed by atoms with Crippen LogP contribution >= 0.6 is 0 Å². The van der Waals surface area contributed by atoms with E-state index in [9.17, 15) is 9.90 Å². The number of aliphatic hydroxyl groups excluding tert-OH is 2. The highest BCUT2D eigenvalue weighted by Crippen LogP contribution is 2.35. The summed E-state index contributed by atoms with van der Waals surface area (Å²) < 4.78 is 6.41. The van der Waals surface area contributed by atoms with Crippen LogP contribution in [0.5, 0.6) is 0 Å². The predicted octanol–water partition coefficient (Wildman–Crippen LogP) is -1.64. The summed E-state index contributed by atoms with van der Waals surface area (Å²) in [6.45, 7) is -0.654. The molecule has 0 spiro atoms. The van der Waals surface area contributed by atoms with Crippen LogP contribution in [-0.2, 0) is 4.74 Å². The Kier molecular flexibility index (Phi) is 3.04. The van der Waals surface area contributed by atoms with Gasteiger partial charge < -0.3 is 20.7 Å². The minimum absolute atomic E-state index is 0.0135. The van der Waals surface area contributed by atoms with Crippen LogP contribution in [-0.4, -0.2) is 38.1 Å². The molecule has 2 rings (SSSR count). The average Bonchev–Trinajstić information content (AvgIpc) is 2.67. The maximum Gasteiger partial charge on any atom is 0.351 e. The van der Waals surface area contributed by atoms with E-state index in [4.69, 9.17) is 20.8 Å². The number of aromatic nitrogens is 2. The highest BCUT2D eigenvalue weighted by Gasteiger charge is 2.49. The third kappa shape index (κ3) is 1.84. The van der Waals surface area contributed by atoms with Gasteiger partial charge in [0.1, 0.15) is 24.2 Å². The monoisotopic (exact) mass is 252 g/mol. The van der Waals surface area contributed by atoms with Crippen molar-refractivity contribution in [3.63, 3.8) is 0 Å². The fourth-order valence-corrected chi connectivity index (χ4v) is 1.85. The first kappa shape index (κ1) is 12.5. The molecule has 1 aromatic rings. The topological polar surface area (TPSA) is 134 Å². The molecule has 1 aliphatic heterocycles. The zero-order chi connectivity index (χ0) is 13.3. The molecule has 0 saturated carbocycles. The standard InChI is InChI=1S/C10H12N4O4/c11-4-10(5-15)6(16)3-8(18-10)14-2-1-7(12)13-9(14)17/h1-2,6,8,15-16H,3,5H2,(H2,12,13,17)/t6?,8-,10-/m1/s1. The molecule has 0 radical (unpaired) electrons. The number of aliphatic hydroxyl groups is 2. The van der Waals surface area contributed by atoms with E-state index in [1.807, 2.05) is 0 Å². The number of nitrogens with zero attached hydrogens (tertiary/aromatic N) is 3. The highest BCUT2D eigenvalue weighted by molar-refractivity contribution is 5.23. The lowest BCUT2D eigenvalue weighted by atomic mass is 10.00. The van der Waals surface area contributed by atoms with Crippen molar-refractivity contribution in [1.29, 1.82) is 5.26 Å². The van der Waals surface area contributed by atoms with E-state index in [1.54, 1.807) is 6.07 Å². The lowest BCUT2D eigenvalue weighted by Crippen LogP contribution is -2.41. The van der Waals surface area contributed by atoms with Crippen LogP contribution in [0.15, 0.2) is 17.1 Å². The molecule has 4 N–H and O–H groups in total. The molecule has 0 amide bonds. The van der Waals surface area contributed by atoms with Gasteiger partial charge in [-0.3, -0.25) is 4.57 Å². The Morgan fingerprint density at radius 3 is 3.00 bits per heavy atom. The molecular weight excluding hydrogens is 240 g/mol. The van der Waals surface area contributed by atoms with Crippen LogP contribution in [0.1, 0.15) is 12.6 Å². The Balaban J connectivity index is 2.33. The summed E-state index contributed by atoms with van der Waals surface area (Å²) in [5.41, 5.74) is 3.01. The van der Waals surface area contributed by atoms with Gasteiger partial charge in [0.05, 0.1) is 6.61 Å². The van der Waals surface area contributed by atoms with E-state index in [0.717, 1.165) is 4.57 Å². The average molecular weight is 252 g/mol. The first-order chi connectivity index (χ1) is 8.52. The van der Waals surface area contributed by atoms with E-state index in [-0.39, 0.29) is 12.2 Å². The molecule has 8 nitrogen and oxygen atoms in total. The van der Waals surface area contributed by atoms with Gasteiger partial charge in [-0.15, -0.1) is 0 Å². The van der Waals surface area contributed by atoms with Crippen LogP contribution < -0.4 is 11.4 Å². The Morgan fingerprint density at radius 1 is 1.78 bits per heavy atom. The number of rotatable bonds is 2. The summed E-state index contributed by atoms with van der Waals surface area (Å²) in [5.74, 6) is 0.0727. The summed E-state index contributed by atoms with van der Waals surface area (Å²) in [5, 5.41) is 27.8. The van der Waals surface area contributed by atoms with E-state index < -0.39 is 30.2 Å². The number of nitrogen functional groups attached to an aromatic ring is 1. The Hall–Kier alpha value is -1.95. The molecule has 0 aromatic carbocycles. The lowest BCUT2D eigenvalue weighted by Gasteiger charge is -2.21. The molecular formula is C10H12N4O4. The summed E-state index contributed by atoms with van der Waals surface area (Å²) in [6, 6.07) is 3.13. The van der Waals surface area contributed by atoms with Crippen LogP contribution in [0.3, 0.4) is 0 Å². The van der Waals surface area contributed by atoms with Crippen LogP contribution in [0, 0.1) is 11.3 Å². The van der Waals surface area contributed by atoms with Gasteiger partial charge in [0.15, 0.2) is 0 Å². The summed E-state index contributed by atoms with van der Waals surface area (Å²) in [6.07, 6.45) is -0.652. The van der Waals surface area contributed by atoms with Gasteiger partial charge in [0, 0.05) is 12.6 Å². The van der Waals surface area contributed by atoms with Crippen LogP contribution in [0.2, 0.25) is 0 Å². The number of anilines is 1. The molecule has 18 heavy (non-hydrogen) atoms. The van der Waals surface area contributed by atoms with Crippen LogP contribution in [0.25, 0.3) is 0 Å². The zero-order valence-corrected chi connectivity index (χ0v) is 9.35. The summed E-state index contributed by atoms with van der Waals surface area (Å²) in [7, 11) is 0. The molecule has 1 unspecified atom stereocenters. The van der Waals surface area contributed by atoms with Crippen LogP contribution in [0.4, 0.5) is 5.82 Å². The van der Waals surface area contributed by atoms with Gasteiger partial charge in [-0.05, 0) is 6.07 Å². The fraction of sp³-hybridized carbons (Fsp3) is 0.500. The van der Waals surface area contributed by atoms with E-state index in [0.29, 0.717) is 0 Å². The van der Waals surface area contributed by atoms with E-state index in [1.165, 1.54) is 12.3 Å². The largest absolute Gasteiger partial charge is 0.392 e. The molecule has 0 aliphatic carbocycles. The first-order valence-corrected chi connectivity index (χ1v) is 5.25. The van der Waals surface area contributed by atoms with Crippen molar-refractivity contribution in [1.82, 2.24) is 9.55 Å². The molecule has 3 atom stereocenters. The Morgan fingerprint density at radius 2 is 2.50 bits per heavy atom. The van der Waals surface area contributed by atoms with Gasteiger partial charge in [-0.25, -0.2) is 4.79 Å². The SMILES string of the molecule is N#C[C@]1(CO)O[C@@H](n2ccc(N)nc2=O)CC1O. The second-order valence-electron chi connectivity index (χ2n) is 4.03. The Labute approximate surface area is 102 Å². The van der Waals surface area contributed by atoms with Crippen molar-refractivity contribution < 1.29 is 14.9 Å². The van der Waals surface area contributed by atoms with Crippen molar-refractivity contribution in [2.45, 2.75) is 24.4 Å². The summed E-state index contributed by atoms with van der Waals surface area (Å²) in [4.78, 5) is 15.1. The number of nitrogens with two attached hydrogens (primary N) is 1. The molecule has 96 valence electrons. The van der Waals surface area contributed by atoms with E-state index in [2.05, 4.69) is 4.98 Å². The molecule has 2 heterocycles. The lowest BCUT2D eigenvalue weighted by molar-refractivity contribution is -0.0925. The molecule has 1 aliphatic rings. The van der Waals surface area contributed by atoms with Gasteiger partial charge in [-0.2, -0.15) is 10.2 Å². The number of nitriles is 1. The minimum atomic E-state index is -1.70. The van der Waals surface area contributed by atoms with Gasteiger partial charge in [0.25, 0.3) is 0 Å². The second-order valence-corrected chi connectivity index (χ2v) is 4.03. The zero-order valence-electron chi connectivity index (χ0n) is 9.35. The third-order valence-corrected chi connectivity index (χ3v) is 2.90. The molecule has 0 bridgehead atoms. The Bertz CT molecular complexity index is 552. The van der Waals surface area contributed by atoms with Crippen molar-refractivity contribution in [3.05, 3.63) is 22.7 Å². The summed E-state index contributed by atoms with van der Waals surface area (Å²) >= 11 is 0. The van der Waals surface area contributed by atoms with Crippen molar-refractivity contribution >= 4 is 5.82 Å². The number of hydrogen-bond donors (Lipinski definition) is 3. The quantitative estimate of drug-likeness (QED) is 0.574. The highest BCUT2D eigenvalue weighted by atomic mass is 16.6. The molecule has 8 heteroatoms. The predicted molar refractivity (Wildman–Crippen MR) is 59.1 cm³/mol. The molecule has 1 saturated heterocycles. The first-order valence-electron chi connectivity index (χ1n) is 5.25. The van der Waals surface area contributed by atoms with Crippen molar-refractivity contribution in [3.8, 4) is 6.07 Å². The fourth-order valence-electron chi connectivity index (χ4n) is 1.85. The second kappa shape index (κ2) is 4.38. The minimum Gasteiger partial charge on any atom is -0.392 e. The van der Waals surface area contributed by atoms with Gasteiger partial charge in [-0.1, -0.05) is 0 Å². The van der Waals surface area contributed by atoms with Crippen molar-refractivity contribution in [2.24, 2.45) is 0 Å². The third-order valence-electron chi connectivity index (χ3n) is 2.90. The van der Waals surface area contributed by atoms with E-state index >= 15 is 0 Å². The number of ether oxygens (including phenoxy) is 1. The smallest absolute Gasteiger partial charge is 0.351 e. The maximum absolute atomic E-state index is 11.6. The van der Waals surface area contributed by atoms with Gasteiger partial charge in [0.2, 0.25) is 5.60 Å². The maximum atomic E-state index is 11.6. The molecule has 1 fully saturated rings.